The van der Waals surface area contributed by atoms with Crippen molar-refractivity contribution in [1.82, 2.24) is 15.5 Å². The molecule has 7 nitrogen and oxygen atoms in total. The zero-order chi connectivity index (χ0) is 29.5. The number of benzene rings is 1. The Morgan fingerprint density at radius 1 is 1.18 bits per heavy atom. The van der Waals surface area contributed by atoms with E-state index in [9.17, 15) is 14.3 Å². The molecule has 0 spiro atoms. The largest absolute Gasteiger partial charge is 0.390 e. The SMILES string of the molecule is CCCC(C)(OC)c1cccc(F)c1.CCN(C)C.CCOC.CNCC(CC1(O)CCCCC1)NC=O. The van der Waals surface area contributed by atoms with Gasteiger partial charge in [-0.25, -0.2) is 4.39 Å². The third-order valence-electron chi connectivity index (χ3n) is 6.70. The summed E-state index contributed by atoms with van der Waals surface area (Å²) >= 11 is 0. The van der Waals surface area contributed by atoms with Crippen LogP contribution in [0, 0.1) is 5.82 Å². The van der Waals surface area contributed by atoms with Crippen molar-refractivity contribution in [2.45, 2.75) is 96.3 Å². The Balaban J connectivity index is 0. The van der Waals surface area contributed by atoms with Crippen LogP contribution in [0.15, 0.2) is 24.3 Å². The molecule has 0 aliphatic heterocycles. The van der Waals surface area contributed by atoms with E-state index < -0.39 is 5.60 Å². The van der Waals surface area contributed by atoms with Crippen LogP contribution in [0.5, 0.6) is 0 Å². The molecule has 1 aromatic rings. The monoisotopic (exact) mass is 543 g/mol. The minimum absolute atomic E-state index is 0.0376. The number of methoxy groups -OCH3 is 2. The van der Waals surface area contributed by atoms with Crippen LogP contribution in [0.1, 0.15) is 84.6 Å². The number of aliphatic hydroxyl groups is 1. The number of carbonyl (C=O) groups is 1. The van der Waals surface area contributed by atoms with Crippen LogP contribution in [0.25, 0.3) is 0 Å². The van der Waals surface area contributed by atoms with Crippen molar-refractivity contribution in [2.75, 3.05) is 55.1 Å². The Bertz CT molecular complexity index is 685. The summed E-state index contributed by atoms with van der Waals surface area (Å²) in [7, 11) is 9.31. The first-order valence-electron chi connectivity index (χ1n) is 14.0. The van der Waals surface area contributed by atoms with Gasteiger partial charge in [-0.3, -0.25) is 4.79 Å². The average molecular weight is 544 g/mol. The summed E-state index contributed by atoms with van der Waals surface area (Å²) in [5.41, 5.74) is -0.0195. The van der Waals surface area contributed by atoms with Crippen molar-refractivity contribution < 1.29 is 23.8 Å². The van der Waals surface area contributed by atoms with E-state index in [1.54, 1.807) is 26.4 Å². The van der Waals surface area contributed by atoms with E-state index in [1.807, 2.05) is 27.0 Å². The second kappa shape index (κ2) is 23.3. The number of likely N-dealkylation sites (N-methyl/N-ethyl adjacent to an activating group) is 1. The van der Waals surface area contributed by atoms with Crippen LogP contribution in [-0.4, -0.2) is 83.1 Å². The first-order chi connectivity index (χ1) is 18.0. The lowest BCUT2D eigenvalue weighted by Gasteiger charge is -2.35. The van der Waals surface area contributed by atoms with Gasteiger partial charge in [0, 0.05) is 33.4 Å². The molecule has 0 bridgehead atoms. The first kappa shape index (κ1) is 38.6. The molecule has 1 fully saturated rings. The quantitative estimate of drug-likeness (QED) is 0.318. The van der Waals surface area contributed by atoms with E-state index in [-0.39, 0.29) is 17.5 Å². The molecule has 3 N–H and O–H groups in total. The Morgan fingerprint density at radius 2 is 1.76 bits per heavy atom. The summed E-state index contributed by atoms with van der Waals surface area (Å²) < 4.78 is 23.0. The van der Waals surface area contributed by atoms with E-state index in [2.05, 4.69) is 48.2 Å². The molecule has 2 atom stereocenters. The minimum atomic E-state index is -0.560. The fourth-order valence-corrected chi connectivity index (χ4v) is 4.06. The van der Waals surface area contributed by atoms with Gasteiger partial charge in [0.2, 0.25) is 6.41 Å². The highest BCUT2D eigenvalue weighted by atomic mass is 19.1. The number of nitrogens with zero attached hydrogens (tertiary/aromatic N) is 1. The molecular weight excluding hydrogens is 485 g/mol. The van der Waals surface area contributed by atoms with Gasteiger partial charge in [0.25, 0.3) is 0 Å². The average Bonchev–Trinajstić information content (AvgIpc) is 2.90. The van der Waals surface area contributed by atoms with Crippen LogP contribution < -0.4 is 10.6 Å². The Morgan fingerprint density at radius 3 is 2.16 bits per heavy atom. The molecular formula is C30H58FN3O4. The van der Waals surface area contributed by atoms with Gasteiger partial charge in [-0.15, -0.1) is 0 Å². The molecule has 8 heteroatoms. The summed E-state index contributed by atoms with van der Waals surface area (Å²) in [5, 5.41) is 16.1. The van der Waals surface area contributed by atoms with Crippen LogP contribution in [-0.2, 0) is 19.9 Å². The van der Waals surface area contributed by atoms with Crippen LogP contribution in [0.2, 0.25) is 0 Å². The van der Waals surface area contributed by atoms with Crippen molar-refractivity contribution in [3.05, 3.63) is 35.6 Å². The number of hydrogen-bond donors (Lipinski definition) is 3. The summed E-state index contributed by atoms with van der Waals surface area (Å²) in [5.74, 6) is -0.207. The Labute approximate surface area is 232 Å². The number of carbonyl (C=O) groups excluding carboxylic acids is 1. The third-order valence-corrected chi connectivity index (χ3v) is 6.70. The molecule has 1 aliphatic rings. The highest BCUT2D eigenvalue weighted by Gasteiger charge is 2.31. The third kappa shape index (κ3) is 18.6. The second-order valence-electron chi connectivity index (χ2n) is 10.2. The number of halogens is 1. The smallest absolute Gasteiger partial charge is 0.207 e. The molecule has 224 valence electrons. The predicted molar refractivity (Wildman–Crippen MR) is 157 cm³/mol. The lowest BCUT2D eigenvalue weighted by atomic mass is 9.80. The molecule has 0 saturated heterocycles. The van der Waals surface area contributed by atoms with Gasteiger partial charge in [0.1, 0.15) is 5.82 Å². The van der Waals surface area contributed by atoms with Gasteiger partial charge in [-0.2, -0.15) is 0 Å². The molecule has 1 amide bonds. The lowest BCUT2D eigenvalue weighted by Crippen LogP contribution is -2.45. The van der Waals surface area contributed by atoms with Crippen molar-refractivity contribution >= 4 is 6.41 Å². The zero-order valence-electron chi connectivity index (χ0n) is 25.7. The molecule has 1 aromatic carbocycles. The number of ether oxygens (including phenoxy) is 2. The molecule has 0 aromatic heterocycles. The zero-order valence-corrected chi connectivity index (χ0v) is 25.7. The normalized spacial score (nSPS) is 16.3. The molecule has 2 rings (SSSR count). The maximum Gasteiger partial charge on any atom is 0.207 e. The van der Waals surface area contributed by atoms with Gasteiger partial charge in [0.05, 0.1) is 11.2 Å². The number of nitrogens with one attached hydrogen (secondary N) is 2. The van der Waals surface area contributed by atoms with Crippen molar-refractivity contribution in [3.8, 4) is 0 Å². The van der Waals surface area contributed by atoms with Gasteiger partial charge in [0.15, 0.2) is 0 Å². The van der Waals surface area contributed by atoms with Crippen LogP contribution in [0.3, 0.4) is 0 Å². The van der Waals surface area contributed by atoms with Gasteiger partial charge in [-0.1, -0.05) is 51.7 Å². The van der Waals surface area contributed by atoms with E-state index in [0.29, 0.717) is 19.4 Å². The van der Waals surface area contributed by atoms with Gasteiger partial charge in [-0.05, 0) is 84.9 Å². The van der Waals surface area contributed by atoms with Crippen molar-refractivity contribution in [2.24, 2.45) is 0 Å². The maximum absolute atomic E-state index is 13.0. The Hall–Kier alpha value is -1.58. The van der Waals surface area contributed by atoms with Crippen LogP contribution in [0.4, 0.5) is 4.39 Å². The fourth-order valence-electron chi connectivity index (χ4n) is 4.06. The molecule has 0 radical (unpaired) electrons. The highest BCUT2D eigenvalue weighted by Crippen LogP contribution is 2.32. The van der Waals surface area contributed by atoms with Crippen LogP contribution >= 0.6 is 0 Å². The molecule has 1 saturated carbocycles. The standard InChI is InChI=1S/C12H17FO.C11H22N2O2.C4H11N.C3H8O/c1-4-8-12(2,14-3)10-6-5-7-11(13)9-10;1-12-8-10(13-9-14)7-11(15)5-3-2-4-6-11;1-4-5(2)3;1-3-4-2/h5-7,9H,4,8H2,1-3H3;9-10,12,15H,2-8H2,1H3,(H,13,14);4H2,1-3H3;3H2,1-2H3. The summed E-state index contributed by atoms with van der Waals surface area (Å²) in [4.78, 5) is 12.5. The van der Waals surface area contributed by atoms with E-state index in [4.69, 9.17) is 4.74 Å². The number of hydrogen-bond acceptors (Lipinski definition) is 6. The topological polar surface area (TPSA) is 83.1 Å². The van der Waals surface area contributed by atoms with Gasteiger partial charge >= 0.3 is 0 Å². The molecule has 0 heterocycles. The fraction of sp³-hybridized carbons (Fsp3) is 0.767. The van der Waals surface area contributed by atoms with E-state index >= 15 is 0 Å². The van der Waals surface area contributed by atoms with Crippen molar-refractivity contribution in [1.29, 1.82) is 0 Å². The number of amides is 1. The molecule has 2 unspecified atom stereocenters. The summed E-state index contributed by atoms with van der Waals surface area (Å²) in [6, 6.07) is 6.65. The lowest BCUT2D eigenvalue weighted by molar-refractivity contribution is -0.110. The molecule has 38 heavy (non-hydrogen) atoms. The highest BCUT2D eigenvalue weighted by molar-refractivity contribution is 5.46. The van der Waals surface area contributed by atoms with Gasteiger partial charge < -0.3 is 30.1 Å². The summed E-state index contributed by atoms with van der Waals surface area (Å²) in [6.45, 7) is 10.8. The second-order valence-corrected chi connectivity index (χ2v) is 10.2. The van der Waals surface area contributed by atoms with Crippen molar-refractivity contribution in [3.63, 3.8) is 0 Å². The predicted octanol–water partition coefficient (Wildman–Crippen LogP) is 5.11. The minimum Gasteiger partial charge on any atom is -0.390 e. The van der Waals surface area contributed by atoms with E-state index in [0.717, 1.165) is 57.2 Å². The number of rotatable bonds is 12. The maximum atomic E-state index is 13.0. The molecule has 1 aliphatic carbocycles. The van der Waals surface area contributed by atoms with E-state index in [1.165, 1.54) is 12.5 Å². The summed E-state index contributed by atoms with van der Waals surface area (Å²) in [6.07, 6.45) is 8.45. The Kier molecular flexibility index (Phi) is 23.7. The first-order valence-corrected chi connectivity index (χ1v) is 14.0.